The second-order valence-electron chi connectivity index (χ2n) is 7.33. The standard InChI is InChI=1S/C23H36N2O4/c1-2-3-4-5-6-7-8-9-10-11-12-13-22(26)25-24-18-20-14-16-21(17-15-20)29-19-23(27)28/h14-18H,2-13,19H2,1H3,(H,25,26)(H,27,28)/b24-18+. The number of hydrazone groups is 1. The van der Waals surface area contributed by atoms with Crippen LogP contribution >= 0.6 is 0 Å². The number of rotatable bonds is 17. The molecule has 0 radical (unpaired) electrons. The molecule has 6 nitrogen and oxygen atoms in total. The predicted molar refractivity (Wildman–Crippen MR) is 116 cm³/mol. The summed E-state index contributed by atoms with van der Waals surface area (Å²) in [5.41, 5.74) is 3.34. The molecule has 0 saturated carbocycles. The Morgan fingerprint density at radius 2 is 1.48 bits per heavy atom. The Hall–Kier alpha value is -2.37. The second kappa shape index (κ2) is 16.6. The number of ether oxygens (including phenoxy) is 1. The van der Waals surface area contributed by atoms with Crippen molar-refractivity contribution in [3.8, 4) is 5.75 Å². The quantitative estimate of drug-likeness (QED) is 0.209. The predicted octanol–water partition coefficient (Wildman–Crippen LogP) is 5.30. The lowest BCUT2D eigenvalue weighted by molar-refractivity contribution is -0.139. The summed E-state index contributed by atoms with van der Waals surface area (Å²) in [4.78, 5) is 22.2. The van der Waals surface area contributed by atoms with Crippen LogP contribution in [0.4, 0.5) is 0 Å². The van der Waals surface area contributed by atoms with Crippen LogP contribution in [0.15, 0.2) is 29.4 Å². The molecule has 0 fully saturated rings. The molecular formula is C23H36N2O4. The summed E-state index contributed by atoms with van der Waals surface area (Å²) in [5.74, 6) is -0.611. The van der Waals surface area contributed by atoms with Gasteiger partial charge in [-0.3, -0.25) is 4.79 Å². The highest BCUT2D eigenvalue weighted by molar-refractivity contribution is 5.82. The van der Waals surface area contributed by atoms with Gasteiger partial charge in [-0.2, -0.15) is 5.10 Å². The third-order valence-corrected chi connectivity index (χ3v) is 4.65. The molecule has 0 aliphatic heterocycles. The number of carbonyl (C=O) groups excluding carboxylic acids is 1. The van der Waals surface area contributed by atoms with Gasteiger partial charge in [0.2, 0.25) is 5.91 Å². The normalized spacial score (nSPS) is 10.9. The lowest BCUT2D eigenvalue weighted by atomic mass is 10.1. The first-order valence-corrected chi connectivity index (χ1v) is 10.9. The van der Waals surface area contributed by atoms with Crippen molar-refractivity contribution >= 4 is 18.1 Å². The fourth-order valence-electron chi connectivity index (χ4n) is 2.98. The van der Waals surface area contributed by atoms with E-state index in [2.05, 4.69) is 17.5 Å². The smallest absolute Gasteiger partial charge is 0.341 e. The van der Waals surface area contributed by atoms with Gasteiger partial charge < -0.3 is 9.84 Å². The summed E-state index contributed by atoms with van der Waals surface area (Å²) < 4.78 is 5.06. The fraction of sp³-hybridized carbons (Fsp3) is 0.609. The van der Waals surface area contributed by atoms with Crippen LogP contribution in [-0.4, -0.2) is 29.8 Å². The molecule has 162 valence electrons. The number of hydrogen-bond acceptors (Lipinski definition) is 4. The first kappa shape index (κ1) is 24.7. The Labute approximate surface area is 174 Å². The summed E-state index contributed by atoms with van der Waals surface area (Å²) in [5, 5.41) is 12.5. The number of carboxylic acids is 1. The summed E-state index contributed by atoms with van der Waals surface area (Å²) in [6.45, 7) is 1.87. The molecule has 1 aromatic rings. The van der Waals surface area contributed by atoms with E-state index in [4.69, 9.17) is 9.84 Å². The average Bonchev–Trinajstić information content (AvgIpc) is 2.71. The number of carbonyl (C=O) groups is 2. The molecule has 2 N–H and O–H groups in total. The maximum absolute atomic E-state index is 11.8. The van der Waals surface area contributed by atoms with Gasteiger partial charge in [-0.25, -0.2) is 10.2 Å². The molecule has 0 aromatic heterocycles. The van der Waals surface area contributed by atoms with Gasteiger partial charge in [0.25, 0.3) is 0 Å². The molecule has 0 aliphatic carbocycles. The zero-order valence-electron chi connectivity index (χ0n) is 17.7. The Kier molecular flexibility index (Phi) is 14.1. The van der Waals surface area contributed by atoms with Gasteiger partial charge in [0, 0.05) is 6.42 Å². The van der Waals surface area contributed by atoms with Crippen molar-refractivity contribution in [2.24, 2.45) is 5.10 Å². The molecule has 1 rings (SSSR count). The van der Waals surface area contributed by atoms with Crippen molar-refractivity contribution in [2.75, 3.05) is 6.61 Å². The molecular weight excluding hydrogens is 368 g/mol. The van der Waals surface area contributed by atoms with E-state index in [-0.39, 0.29) is 12.5 Å². The van der Waals surface area contributed by atoms with Crippen LogP contribution in [0.2, 0.25) is 0 Å². The lowest BCUT2D eigenvalue weighted by Gasteiger charge is -2.03. The largest absolute Gasteiger partial charge is 0.482 e. The number of hydrogen-bond donors (Lipinski definition) is 2. The van der Waals surface area contributed by atoms with E-state index in [1.807, 2.05) is 0 Å². The third kappa shape index (κ3) is 14.3. The van der Waals surface area contributed by atoms with Gasteiger partial charge >= 0.3 is 5.97 Å². The van der Waals surface area contributed by atoms with Crippen molar-refractivity contribution in [1.82, 2.24) is 5.43 Å². The maximum atomic E-state index is 11.8. The zero-order chi connectivity index (χ0) is 21.2. The number of nitrogens with one attached hydrogen (secondary N) is 1. The monoisotopic (exact) mass is 404 g/mol. The molecule has 1 amide bonds. The van der Waals surface area contributed by atoms with Gasteiger partial charge in [0.05, 0.1) is 6.21 Å². The van der Waals surface area contributed by atoms with E-state index < -0.39 is 5.97 Å². The van der Waals surface area contributed by atoms with E-state index in [0.717, 1.165) is 18.4 Å². The van der Waals surface area contributed by atoms with E-state index in [9.17, 15) is 9.59 Å². The average molecular weight is 405 g/mol. The Balaban J connectivity index is 2.02. The minimum Gasteiger partial charge on any atom is -0.482 e. The SMILES string of the molecule is CCCCCCCCCCCCCC(=O)N/N=C/c1ccc(OCC(=O)O)cc1. The Morgan fingerprint density at radius 3 is 2.03 bits per heavy atom. The fourth-order valence-corrected chi connectivity index (χ4v) is 2.98. The van der Waals surface area contributed by atoms with Gasteiger partial charge in [0.15, 0.2) is 6.61 Å². The molecule has 0 heterocycles. The van der Waals surface area contributed by atoms with Gasteiger partial charge in [-0.05, 0) is 36.2 Å². The van der Waals surface area contributed by atoms with Crippen molar-refractivity contribution in [3.63, 3.8) is 0 Å². The summed E-state index contributed by atoms with van der Waals surface area (Å²) in [6, 6.07) is 6.82. The molecule has 29 heavy (non-hydrogen) atoms. The number of amides is 1. The highest BCUT2D eigenvalue weighted by Gasteiger charge is 2.01. The van der Waals surface area contributed by atoms with Crippen LogP contribution in [0, 0.1) is 0 Å². The molecule has 0 bridgehead atoms. The summed E-state index contributed by atoms with van der Waals surface area (Å²) >= 11 is 0. The van der Waals surface area contributed by atoms with Crippen molar-refractivity contribution in [1.29, 1.82) is 0 Å². The molecule has 0 saturated heterocycles. The molecule has 0 atom stereocenters. The third-order valence-electron chi connectivity index (χ3n) is 4.65. The van der Waals surface area contributed by atoms with Crippen LogP contribution in [0.3, 0.4) is 0 Å². The Morgan fingerprint density at radius 1 is 0.931 bits per heavy atom. The zero-order valence-corrected chi connectivity index (χ0v) is 17.7. The van der Waals surface area contributed by atoms with E-state index in [1.165, 1.54) is 57.8 Å². The van der Waals surface area contributed by atoms with Gasteiger partial charge in [-0.1, -0.05) is 71.1 Å². The van der Waals surface area contributed by atoms with Crippen LogP contribution < -0.4 is 10.2 Å². The van der Waals surface area contributed by atoms with E-state index in [0.29, 0.717) is 12.2 Å². The van der Waals surface area contributed by atoms with Crippen LogP contribution in [0.1, 0.15) is 89.5 Å². The van der Waals surface area contributed by atoms with Crippen molar-refractivity contribution < 1.29 is 19.4 Å². The minimum absolute atomic E-state index is 0.0708. The van der Waals surface area contributed by atoms with Crippen LogP contribution in [-0.2, 0) is 9.59 Å². The van der Waals surface area contributed by atoms with Crippen molar-refractivity contribution in [3.05, 3.63) is 29.8 Å². The number of carboxylic acid groups (broad SMARTS) is 1. The second-order valence-corrected chi connectivity index (χ2v) is 7.33. The first-order valence-electron chi connectivity index (χ1n) is 10.9. The van der Waals surface area contributed by atoms with Crippen LogP contribution in [0.5, 0.6) is 5.75 Å². The van der Waals surface area contributed by atoms with Gasteiger partial charge in [-0.15, -0.1) is 0 Å². The molecule has 6 heteroatoms. The minimum atomic E-state index is -1.02. The van der Waals surface area contributed by atoms with Gasteiger partial charge in [0.1, 0.15) is 5.75 Å². The number of nitrogens with zero attached hydrogens (tertiary/aromatic N) is 1. The van der Waals surface area contributed by atoms with Crippen LogP contribution in [0.25, 0.3) is 0 Å². The van der Waals surface area contributed by atoms with E-state index in [1.54, 1.807) is 30.5 Å². The Bertz CT molecular complexity index is 599. The molecule has 0 unspecified atom stereocenters. The summed E-state index contributed by atoms with van der Waals surface area (Å²) in [7, 11) is 0. The lowest BCUT2D eigenvalue weighted by Crippen LogP contribution is -2.16. The number of aliphatic carboxylic acids is 1. The molecule has 0 spiro atoms. The highest BCUT2D eigenvalue weighted by Crippen LogP contribution is 2.12. The van der Waals surface area contributed by atoms with E-state index >= 15 is 0 Å². The number of unbranched alkanes of at least 4 members (excludes halogenated alkanes) is 10. The maximum Gasteiger partial charge on any atom is 0.341 e. The first-order chi connectivity index (χ1) is 14.1. The molecule has 0 aliphatic rings. The summed E-state index contributed by atoms with van der Waals surface area (Å²) in [6.07, 6.45) is 15.9. The highest BCUT2D eigenvalue weighted by atomic mass is 16.5. The van der Waals surface area contributed by atoms with Crippen molar-refractivity contribution in [2.45, 2.75) is 84.0 Å². The number of benzene rings is 1. The topological polar surface area (TPSA) is 88.0 Å². The molecule has 1 aromatic carbocycles.